The molecule has 1 aromatic carbocycles. The first-order valence-electron chi connectivity index (χ1n) is 5.67. The number of methoxy groups -OCH3 is 1. The Kier molecular flexibility index (Phi) is 3.57. The molecule has 1 fully saturated rings. The zero-order valence-electron chi connectivity index (χ0n) is 9.83. The van der Waals surface area contributed by atoms with Crippen LogP contribution >= 0.6 is 11.6 Å². The minimum Gasteiger partial charge on any atom is -0.497 e. The average molecular weight is 254 g/mol. The van der Waals surface area contributed by atoms with Crippen LogP contribution in [0.1, 0.15) is 18.4 Å². The van der Waals surface area contributed by atoms with Gasteiger partial charge in [-0.15, -0.1) is 11.6 Å². The number of alkyl halides is 1. The van der Waals surface area contributed by atoms with E-state index in [1.54, 1.807) is 7.11 Å². The van der Waals surface area contributed by atoms with Crippen LogP contribution in [-0.4, -0.2) is 24.4 Å². The van der Waals surface area contributed by atoms with Crippen LogP contribution in [0.15, 0.2) is 24.3 Å². The van der Waals surface area contributed by atoms with E-state index in [0.29, 0.717) is 12.3 Å². The minimum atomic E-state index is -0.120. The van der Waals surface area contributed by atoms with Crippen molar-refractivity contribution in [2.75, 3.05) is 13.0 Å². The number of nitrogens with one attached hydrogen (secondary N) is 1. The van der Waals surface area contributed by atoms with Crippen molar-refractivity contribution in [3.05, 3.63) is 29.8 Å². The van der Waals surface area contributed by atoms with Gasteiger partial charge in [-0.3, -0.25) is 4.79 Å². The lowest BCUT2D eigenvalue weighted by atomic mass is 10.1. The third-order valence-corrected chi connectivity index (χ3v) is 3.55. The van der Waals surface area contributed by atoms with Crippen LogP contribution in [0.4, 0.5) is 0 Å². The second-order valence-electron chi connectivity index (χ2n) is 4.49. The molecule has 2 rings (SSSR count). The van der Waals surface area contributed by atoms with E-state index in [2.05, 4.69) is 5.32 Å². The highest BCUT2D eigenvalue weighted by Gasteiger charge is 2.42. The Balaban J connectivity index is 1.89. The van der Waals surface area contributed by atoms with Crippen molar-refractivity contribution in [3.8, 4) is 5.75 Å². The second-order valence-corrected chi connectivity index (χ2v) is 4.75. The molecule has 1 aromatic rings. The van der Waals surface area contributed by atoms with E-state index in [9.17, 15) is 4.79 Å². The van der Waals surface area contributed by atoms with Crippen LogP contribution in [0.25, 0.3) is 0 Å². The van der Waals surface area contributed by atoms with Crippen molar-refractivity contribution in [2.45, 2.75) is 24.8 Å². The molecule has 1 aliphatic carbocycles. The summed E-state index contributed by atoms with van der Waals surface area (Å²) >= 11 is 5.81. The molecule has 1 amide bonds. The van der Waals surface area contributed by atoms with Gasteiger partial charge in [0.2, 0.25) is 5.91 Å². The summed E-state index contributed by atoms with van der Waals surface area (Å²) in [5.41, 5.74) is 0.860. The van der Waals surface area contributed by atoms with Crippen LogP contribution in [0.2, 0.25) is 0 Å². The molecule has 0 unspecified atom stereocenters. The fourth-order valence-electron chi connectivity index (χ4n) is 1.71. The van der Waals surface area contributed by atoms with Crippen molar-refractivity contribution in [3.63, 3.8) is 0 Å². The predicted octanol–water partition coefficient (Wildman–Crippen LogP) is 2.13. The molecule has 0 spiro atoms. The molecule has 1 saturated carbocycles. The maximum absolute atomic E-state index is 11.8. The first kappa shape index (κ1) is 12.2. The Labute approximate surface area is 106 Å². The Bertz CT molecular complexity index is 398. The lowest BCUT2D eigenvalue weighted by molar-refractivity contribution is -0.121. The first-order chi connectivity index (χ1) is 8.17. The van der Waals surface area contributed by atoms with Gasteiger partial charge in [-0.25, -0.2) is 0 Å². The summed E-state index contributed by atoms with van der Waals surface area (Å²) in [6, 6.07) is 7.52. The highest BCUT2D eigenvalue weighted by atomic mass is 35.5. The fourth-order valence-corrected chi connectivity index (χ4v) is 2.05. The fraction of sp³-hybridized carbons (Fsp3) is 0.462. The summed E-state index contributed by atoms with van der Waals surface area (Å²) < 4.78 is 5.06. The number of benzene rings is 1. The normalized spacial score (nSPS) is 16.4. The van der Waals surface area contributed by atoms with Crippen LogP contribution in [0.3, 0.4) is 0 Å². The monoisotopic (exact) mass is 253 g/mol. The van der Waals surface area contributed by atoms with Crippen molar-refractivity contribution in [2.24, 2.45) is 0 Å². The predicted molar refractivity (Wildman–Crippen MR) is 67.5 cm³/mol. The minimum absolute atomic E-state index is 0.0355. The van der Waals surface area contributed by atoms with Crippen molar-refractivity contribution in [1.29, 1.82) is 0 Å². The average Bonchev–Trinajstić information content (AvgIpc) is 3.10. The van der Waals surface area contributed by atoms with Gasteiger partial charge in [0.1, 0.15) is 5.75 Å². The standard InChI is InChI=1S/C13H16ClNO2/c1-17-11-4-2-10(3-5-11)8-12(16)15-13(9-14)6-7-13/h2-5H,6-9H2,1H3,(H,15,16). The van der Waals surface area contributed by atoms with Gasteiger partial charge in [0.15, 0.2) is 0 Å². The Hall–Kier alpha value is -1.22. The van der Waals surface area contributed by atoms with E-state index in [-0.39, 0.29) is 11.4 Å². The summed E-state index contributed by atoms with van der Waals surface area (Å²) in [5.74, 6) is 1.34. The molecule has 0 aliphatic heterocycles. The van der Waals surface area contributed by atoms with Gasteiger partial charge in [-0.2, -0.15) is 0 Å². The van der Waals surface area contributed by atoms with Gasteiger partial charge in [0.25, 0.3) is 0 Å². The number of rotatable bonds is 5. The van der Waals surface area contributed by atoms with Crippen LogP contribution in [-0.2, 0) is 11.2 Å². The Morgan fingerprint density at radius 2 is 2.06 bits per heavy atom. The highest BCUT2D eigenvalue weighted by molar-refractivity contribution is 6.19. The van der Waals surface area contributed by atoms with Crippen molar-refractivity contribution in [1.82, 2.24) is 5.32 Å². The molecule has 92 valence electrons. The Morgan fingerprint density at radius 1 is 1.41 bits per heavy atom. The smallest absolute Gasteiger partial charge is 0.224 e. The SMILES string of the molecule is COc1ccc(CC(=O)NC2(CCl)CC2)cc1. The molecular formula is C13H16ClNO2. The van der Waals surface area contributed by atoms with Gasteiger partial charge >= 0.3 is 0 Å². The molecule has 4 heteroatoms. The number of amides is 1. The number of carbonyl (C=O) groups excluding carboxylic acids is 1. The first-order valence-corrected chi connectivity index (χ1v) is 6.21. The van der Waals surface area contributed by atoms with E-state index < -0.39 is 0 Å². The van der Waals surface area contributed by atoms with E-state index in [4.69, 9.17) is 16.3 Å². The molecular weight excluding hydrogens is 238 g/mol. The molecule has 0 bridgehead atoms. The number of halogens is 1. The second kappa shape index (κ2) is 4.96. The van der Waals surface area contributed by atoms with Gasteiger partial charge in [0, 0.05) is 5.88 Å². The van der Waals surface area contributed by atoms with Crippen LogP contribution < -0.4 is 10.1 Å². The Morgan fingerprint density at radius 3 is 2.53 bits per heavy atom. The zero-order chi connectivity index (χ0) is 12.3. The van der Waals surface area contributed by atoms with Gasteiger partial charge in [0.05, 0.1) is 19.1 Å². The quantitative estimate of drug-likeness (QED) is 0.817. The van der Waals surface area contributed by atoms with E-state index in [1.807, 2.05) is 24.3 Å². The molecule has 1 N–H and O–H groups in total. The van der Waals surface area contributed by atoms with E-state index in [0.717, 1.165) is 24.2 Å². The summed E-state index contributed by atoms with van der Waals surface area (Å²) in [4.78, 5) is 11.8. The third kappa shape index (κ3) is 3.13. The summed E-state index contributed by atoms with van der Waals surface area (Å²) in [5, 5.41) is 2.99. The van der Waals surface area contributed by atoms with Gasteiger partial charge in [-0.05, 0) is 30.5 Å². The third-order valence-electron chi connectivity index (χ3n) is 3.04. The van der Waals surface area contributed by atoms with Crippen molar-refractivity contribution >= 4 is 17.5 Å². The molecule has 0 radical (unpaired) electrons. The summed E-state index contributed by atoms with van der Waals surface area (Å²) in [6.07, 6.45) is 2.37. The summed E-state index contributed by atoms with van der Waals surface area (Å²) in [6.45, 7) is 0. The van der Waals surface area contributed by atoms with Gasteiger partial charge < -0.3 is 10.1 Å². The number of hydrogen-bond acceptors (Lipinski definition) is 2. The largest absolute Gasteiger partial charge is 0.497 e. The van der Waals surface area contributed by atoms with Crippen molar-refractivity contribution < 1.29 is 9.53 Å². The van der Waals surface area contributed by atoms with Crippen LogP contribution in [0.5, 0.6) is 5.75 Å². The van der Waals surface area contributed by atoms with Gasteiger partial charge in [-0.1, -0.05) is 12.1 Å². The molecule has 17 heavy (non-hydrogen) atoms. The number of hydrogen-bond donors (Lipinski definition) is 1. The molecule has 0 aromatic heterocycles. The number of carbonyl (C=O) groups is 1. The summed E-state index contributed by atoms with van der Waals surface area (Å²) in [7, 11) is 1.62. The molecule has 0 saturated heterocycles. The lowest BCUT2D eigenvalue weighted by Crippen LogP contribution is -2.39. The van der Waals surface area contributed by atoms with E-state index >= 15 is 0 Å². The number of ether oxygens (including phenoxy) is 1. The maximum Gasteiger partial charge on any atom is 0.224 e. The molecule has 1 aliphatic rings. The molecule has 3 nitrogen and oxygen atoms in total. The van der Waals surface area contributed by atoms with Crippen LogP contribution in [0, 0.1) is 0 Å². The topological polar surface area (TPSA) is 38.3 Å². The zero-order valence-corrected chi connectivity index (χ0v) is 10.6. The molecule has 0 atom stereocenters. The molecule has 0 heterocycles. The lowest BCUT2D eigenvalue weighted by Gasteiger charge is -2.13. The maximum atomic E-state index is 11.8. The van der Waals surface area contributed by atoms with E-state index in [1.165, 1.54) is 0 Å². The highest BCUT2D eigenvalue weighted by Crippen LogP contribution is 2.36.